The lowest BCUT2D eigenvalue weighted by Gasteiger charge is -2.41. The van der Waals surface area contributed by atoms with Gasteiger partial charge in [0.05, 0.1) is 5.69 Å². The van der Waals surface area contributed by atoms with E-state index in [1.54, 1.807) is 6.07 Å². The molecule has 2 aliphatic heterocycles. The number of halogens is 2. The number of pyridine rings is 1. The maximum absolute atomic E-state index is 13.5. The summed E-state index contributed by atoms with van der Waals surface area (Å²) in [7, 11) is -1.90. The standard InChI is InChI=1S/C24H32F2N4O3S/c1-16-5-6-17(12-29-9-3-4-18(13-29)15-31)10-20(16)21-7-8-22-23(27-21)28(2)34(32,33)30(22)14-19-11-24(19,25)26/h5-8,10,18-19,31-33H,3-4,9,11-15H2,1-2H3. The zero-order valence-corrected chi connectivity index (χ0v) is 20.3. The molecule has 2 unspecified atom stereocenters. The van der Waals surface area contributed by atoms with Gasteiger partial charge in [0.15, 0.2) is 5.82 Å². The van der Waals surface area contributed by atoms with Gasteiger partial charge in [-0.15, -0.1) is 0 Å². The van der Waals surface area contributed by atoms with Crippen LogP contribution >= 0.6 is 11.0 Å². The highest BCUT2D eigenvalue weighted by atomic mass is 32.3. The third kappa shape index (κ3) is 4.26. The number of aliphatic hydroxyl groups excluding tert-OH is 1. The monoisotopic (exact) mass is 494 g/mol. The quantitative estimate of drug-likeness (QED) is 0.534. The van der Waals surface area contributed by atoms with Crippen molar-refractivity contribution >= 4 is 22.5 Å². The summed E-state index contributed by atoms with van der Waals surface area (Å²) in [6.45, 7) is 4.79. The number of fused-ring (bicyclic) bond motifs is 1. The molecule has 3 aliphatic rings. The number of nitrogens with zero attached hydrogens (tertiary/aromatic N) is 4. The first kappa shape index (κ1) is 23.7. The first-order valence-corrected chi connectivity index (χ1v) is 13.2. The largest absolute Gasteiger partial charge is 0.396 e. The van der Waals surface area contributed by atoms with Crippen molar-refractivity contribution in [3.8, 4) is 11.3 Å². The van der Waals surface area contributed by atoms with Crippen LogP contribution in [-0.4, -0.2) is 63.3 Å². The van der Waals surface area contributed by atoms with E-state index in [4.69, 9.17) is 4.98 Å². The molecular formula is C24H32F2N4O3S. The number of benzene rings is 1. The van der Waals surface area contributed by atoms with Gasteiger partial charge in [0.2, 0.25) is 0 Å². The number of aliphatic hydroxyl groups is 1. The Morgan fingerprint density at radius 3 is 2.68 bits per heavy atom. The molecule has 1 aromatic carbocycles. The number of anilines is 2. The molecule has 1 aliphatic carbocycles. The molecular weight excluding hydrogens is 462 g/mol. The molecule has 2 fully saturated rings. The average molecular weight is 495 g/mol. The van der Waals surface area contributed by atoms with Crippen LogP contribution in [0.1, 0.15) is 30.4 Å². The van der Waals surface area contributed by atoms with Crippen molar-refractivity contribution in [3.05, 3.63) is 41.5 Å². The summed E-state index contributed by atoms with van der Waals surface area (Å²) in [5.41, 5.74) is 4.31. The molecule has 3 N–H and O–H groups in total. The Bertz CT molecular complexity index is 1090. The zero-order valence-electron chi connectivity index (χ0n) is 19.5. The van der Waals surface area contributed by atoms with Gasteiger partial charge in [-0.1, -0.05) is 12.1 Å². The lowest BCUT2D eigenvalue weighted by Crippen LogP contribution is -2.36. The summed E-state index contributed by atoms with van der Waals surface area (Å²) in [6.07, 6.45) is 1.91. The summed E-state index contributed by atoms with van der Waals surface area (Å²) < 4.78 is 51.1. The third-order valence-corrected chi connectivity index (χ3v) is 9.12. The highest BCUT2D eigenvalue weighted by Gasteiger charge is 2.59. The molecule has 2 atom stereocenters. The second-order valence-corrected chi connectivity index (χ2v) is 11.8. The molecule has 186 valence electrons. The van der Waals surface area contributed by atoms with Gasteiger partial charge in [-0.25, -0.2) is 22.4 Å². The molecule has 0 bridgehead atoms. The molecule has 0 amide bonds. The van der Waals surface area contributed by atoms with Crippen molar-refractivity contribution < 1.29 is 23.0 Å². The van der Waals surface area contributed by atoms with E-state index in [0.717, 1.165) is 49.2 Å². The Balaban J connectivity index is 1.41. The van der Waals surface area contributed by atoms with Crippen LogP contribution in [0.2, 0.25) is 0 Å². The fraction of sp³-hybridized carbons (Fsp3) is 0.542. The number of aromatic nitrogens is 1. The minimum Gasteiger partial charge on any atom is -0.396 e. The van der Waals surface area contributed by atoms with E-state index in [0.29, 0.717) is 23.1 Å². The molecule has 0 radical (unpaired) electrons. The first-order chi connectivity index (χ1) is 16.1. The van der Waals surface area contributed by atoms with Crippen molar-refractivity contribution in [2.24, 2.45) is 11.8 Å². The topological polar surface area (TPSA) is 83.3 Å². The molecule has 0 spiro atoms. The van der Waals surface area contributed by atoms with E-state index in [1.807, 2.05) is 13.0 Å². The molecule has 3 heterocycles. The van der Waals surface area contributed by atoms with Gasteiger partial charge < -0.3 is 5.11 Å². The zero-order chi connectivity index (χ0) is 24.3. The van der Waals surface area contributed by atoms with E-state index < -0.39 is 22.8 Å². The van der Waals surface area contributed by atoms with Gasteiger partial charge in [0.1, 0.15) is 5.69 Å². The van der Waals surface area contributed by atoms with Crippen LogP contribution in [-0.2, 0) is 6.54 Å². The highest BCUT2D eigenvalue weighted by Crippen LogP contribution is 2.62. The van der Waals surface area contributed by atoms with Gasteiger partial charge in [0.25, 0.3) is 5.92 Å². The van der Waals surface area contributed by atoms with Gasteiger partial charge in [-0.05, 0) is 72.5 Å². The van der Waals surface area contributed by atoms with Crippen molar-refractivity contribution in [2.45, 2.75) is 38.7 Å². The van der Waals surface area contributed by atoms with Gasteiger partial charge in [-0.3, -0.25) is 14.0 Å². The number of rotatable bonds is 6. The van der Waals surface area contributed by atoms with E-state index in [-0.39, 0.29) is 19.6 Å². The predicted octanol–water partition coefficient (Wildman–Crippen LogP) is 4.75. The van der Waals surface area contributed by atoms with Gasteiger partial charge >= 0.3 is 0 Å². The Labute approximate surface area is 200 Å². The van der Waals surface area contributed by atoms with Gasteiger partial charge in [0, 0.05) is 51.2 Å². The fourth-order valence-electron chi connectivity index (χ4n) is 5.03. The summed E-state index contributed by atoms with van der Waals surface area (Å²) in [6, 6.07) is 9.85. The molecule has 5 rings (SSSR count). The van der Waals surface area contributed by atoms with Crippen LogP contribution < -0.4 is 8.61 Å². The molecule has 1 saturated carbocycles. The number of piperidine rings is 1. The Morgan fingerprint density at radius 1 is 1.21 bits per heavy atom. The summed E-state index contributed by atoms with van der Waals surface area (Å²) in [5, 5.41) is 9.52. The predicted molar refractivity (Wildman–Crippen MR) is 131 cm³/mol. The number of alkyl halides is 2. The van der Waals surface area contributed by atoms with E-state index in [2.05, 4.69) is 23.1 Å². The molecule has 1 saturated heterocycles. The molecule has 1 aromatic heterocycles. The van der Waals surface area contributed by atoms with Crippen molar-refractivity contribution in [1.82, 2.24) is 9.88 Å². The fourth-order valence-corrected chi connectivity index (χ4v) is 6.47. The maximum atomic E-state index is 13.5. The normalized spacial score (nSPS) is 26.4. The highest BCUT2D eigenvalue weighted by molar-refractivity contribution is 8.26. The lowest BCUT2D eigenvalue weighted by molar-refractivity contribution is 0.101. The summed E-state index contributed by atoms with van der Waals surface area (Å²) >= 11 is 0. The van der Waals surface area contributed by atoms with Crippen molar-refractivity contribution in [2.75, 3.05) is 41.9 Å². The Morgan fingerprint density at radius 2 is 1.97 bits per heavy atom. The van der Waals surface area contributed by atoms with Crippen LogP contribution in [0.5, 0.6) is 0 Å². The average Bonchev–Trinajstić information content (AvgIpc) is 3.38. The van der Waals surface area contributed by atoms with Crippen molar-refractivity contribution in [3.63, 3.8) is 0 Å². The second-order valence-electron chi connectivity index (χ2n) is 9.82. The number of likely N-dealkylation sites (tertiary alicyclic amines) is 1. The van der Waals surface area contributed by atoms with E-state index in [9.17, 15) is 23.0 Å². The summed E-state index contributed by atoms with van der Waals surface area (Å²) in [4.78, 5) is 7.10. The Hall–Kier alpha value is -1.98. The molecule has 7 nitrogen and oxygen atoms in total. The van der Waals surface area contributed by atoms with Crippen LogP contribution in [0.25, 0.3) is 11.3 Å². The smallest absolute Gasteiger partial charge is 0.253 e. The number of aryl methyl sites for hydroxylation is 1. The molecule has 2 aromatic rings. The van der Waals surface area contributed by atoms with Crippen molar-refractivity contribution in [1.29, 1.82) is 0 Å². The van der Waals surface area contributed by atoms with E-state index in [1.165, 1.54) is 15.7 Å². The Kier molecular flexibility index (Phi) is 6.01. The van der Waals surface area contributed by atoms with Crippen LogP contribution in [0.15, 0.2) is 30.3 Å². The van der Waals surface area contributed by atoms with Crippen LogP contribution in [0.3, 0.4) is 0 Å². The van der Waals surface area contributed by atoms with Crippen LogP contribution in [0, 0.1) is 18.8 Å². The molecule has 34 heavy (non-hydrogen) atoms. The first-order valence-electron chi connectivity index (χ1n) is 11.7. The minimum absolute atomic E-state index is 0.118. The third-order valence-electron chi connectivity index (χ3n) is 7.27. The minimum atomic E-state index is -3.43. The van der Waals surface area contributed by atoms with E-state index >= 15 is 0 Å². The number of hydrogen-bond donors (Lipinski definition) is 3. The maximum Gasteiger partial charge on any atom is 0.253 e. The second kappa shape index (κ2) is 8.60. The SMILES string of the molecule is Cc1ccc(CN2CCCC(CO)C2)cc1-c1ccc2c(n1)N(C)S(O)(O)N2CC1CC1(F)F. The molecule has 10 heteroatoms. The number of hydrogen-bond acceptors (Lipinski definition) is 7. The summed E-state index contributed by atoms with van der Waals surface area (Å²) in [5.74, 6) is -2.91. The van der Waals surface area contributed by atoms with Gasteiger partial charge in [-0.2, -0.15) is 0 Å². The lowest BCUT2D eigenvalue weighted by atomic mass is 9.97. The van der Waals surface area contributed by atoms with Crippen LogP contribution in [0.4, 0.5) is 20.3 Å².